The van der Waals surface area contributed by atoms with E-state index in [4.69, 9.17) is 4.74 Å². The summed E-state index contributed by atoms with van der Waals surface area (Å²) in [5.41, 5.74) is 2.21. The van der Waals surface area contributed by atoms with Crippen molar-refractivity contribution in [1.82, 2.24) is 10.6 Å². The molecule has 1 unspecified atom stereocenters. The van der Waals surface area contributed by atoms with Crippen molar-refractivity contribution in [1.29, 1.82) is 0 Å². The van der Waals surface area contributed by atoms with Gasteiger partial charge in [-0.3, -0.25) is 4.79 Å². The van der Waals surface area contributed by atoms with Crippen molar-refractivity contribution in [3.05, 3.63) is 29.3 Å². The Morgan fingerprint density at radius 3 is 2.85 bits per heavy atom. The van der Waals surface area contributed by atoms with Crippen molar-refractivity contribution in [3.8, 4) is 5.75 Å². The Balaban J connectivity index is 2.00. The van der Waals surface area contributed by atoms with E-state index in [1.807, 2.05) is 19.1 Å². The van der Waals surface area contributed by atoms with E-state index in [0.717, 1.165) is 30.8 Å². The maximum atomic E-state index is 11.9. The molecule has 0 bridgehead atoms. The van der Waals surface area contributed by atoms with Gasteiger partial charge in [-0.2, -0.15) is 0 Å². The summed E-state index contributed by atoms with van der Waals surface area (Å²) in [6.45, 7) is 8.31. The van der Waals surface area contributed by atoms with Gasteiger partial charge >= 0.3 is 0 Å². The van der Waals surface area contributed by atoms with Gasteiger partial charge < -0.3 is 15.4 Å². The van der Waals surface area contributed by atoms with E-state index < -0.39 is 0 Å². The van der Waals surface area contributed by atoms with Crippen LogP contribution in [0.3, 0.4) is 0 Å². The molecule has 2 N–H and O–H groups in total. The number of hydrogen-bond acceptors (Lipinski definition) is 3. The monoisotopic (exact) mass is 276 g/mol. The number of ether oxygens (including phenoxy) is 1. The predicted molar refractivity (Wildman–Crippen MR) is 79.8 cm³/mol. The molecule has 0 aliphatic carbocycles. The average Bonchev–Trinajstić information content (AvgIpc) is 2.35. The molecule has 1 saturated heterocycles. The van der Waals surface area contributed by atoms with Crippen LogP contribution in [0.15, 0.2) is 18.2 Å². The maximum Gasteiger partial charge on any atom is 0.225 e. The summed E-state index contributed by atoms with van der Waals surface area (Å²) in [5, 5.41) is 6.10. The van der Waals surface area contributed by atoms with Crippen LogP contribution in [0.25, 0.3) is 0 Å². The highest BCUT2D eigenvalue weighted by Gasteiger charge is 2.24. The van der Waals surface area contributed by atoms with Gasteiger partial charge in [0.05, 0.1) is 12.0 Å². The second-order valence-corrected chi connectivity index (χ2v) is 5.52. The molecule has 1 aromatic rings. The SMILES string of the molecule is CCC(C)Oc1cc(C)ccc1CNC(=O)C1CNC1. The molecule has 2 rings (SSSR count). The van der Waals surface area contributed by atoms with Gasteiger partial charge in [-0.1, -0.05) is 19.1 Å². The number of amides is 1. The van der Waals surface area contributed by atoms with Crippen molar-refractivity contribution in [3.63, 3.8) is 0 Å². The minimum absolute atomic E-state index is 0.124. The topological polar surface area (TPSA) is 50.4 Å². The first-order valence-electron chi connectivity index (χ1n) is 7.34. The molecule has 1 fully saturated rings. The van der Waals surface area contributed by atoms with Crippen LogP contribution >= 0.6 is 0 Å². The van der Waals surface area contributed by atoms with E-state index in [2.05, 4.69) is 30.5 Å². The molecule has 0 spiro atoms. The van der Waals surface area contributed by atoms with E-state index in [1.54, 1.807) is 0 Å². The normalized spacial score (nSPS) is 16.4. The van der Waals surface area contributed by atoms with Crippen molar-refractivity contribution < 1.29 is 9.53 Å². The number of carbonyl (C=O) groups excluding carboxylic acids is 1. The van der Waals surface area contributed by atoms with Crippen LogP contribution in [0.5, 0.6) is 5.75 Å². The first kappa shape index (κ1) is 14.9. The standard InChI is InChI=1S/C16H24N2O2/c1-4-12(3)20-15-7-11(2)5-6-13(15)10-18-16(19)14-8-17-9-14/h5-7,12,14,17H,4,8-10H2,1-3H3,(H,18,19). The number of rotatable bonds is 6. The molecule has 1 aliphatic rings. The molecule has 20 heavy (non-hydrogen) atoms. The quantitative estimate of drug-likeness (QED) is 0.835. The van der Waals surface area contributed by atoms with E-state index in [9.17, 15) is 4.79 Å². The first-order chi connectivity index (χ1) is 9.60. The van der Waals surface area contributed by atoms with Gasteiger partial charge in [0.1, 0.15) is 5.75 Å². The van der Waals surface area contributed by atoms with Gasteiger partial charge in [0.2, 0.25) is 5.91 Å². The van der Waals surface area contributed by atoms with E-state index >= 15 is 0 Å². The molecule has 1 aliphatic heterocycles. The first-order valence-corrected chi connectivity index (χ1v) is 7.34. The largest absolute Gasteiger partial charge is 0.490 e. The average molecular weight is 276 g/mol. The molecule has 110 valence electrons. The lowest BCUT2D eigenvalue weighted by Gasteiger charge is -2.26. The third-order valence-corrected chi connectivity index (χ3v) is 3.73. The van der Waals surface area contributed by atoms with Gasteiger partial charge in [0, 0.05) is 25.2 Å². The van der Waals surface area contributed by atoms with E-state index in [1.165, 1.54) is 5.56 Å². The summed E-state index contributed by atoms with van der Waals surface area (Å²) in [6.07, 6.45) is 1.15. The van der Waals surface area contributed by atoms with Gasteiger partial charge in [-0.15, -0.1) is 0 Å². The summed E-state index contributed by atoms with van der Waals surface area (Å²) in [5.74, 6) is 1.13. The molecule has 1 atom stereocenters. The lowest BCUT2D eigenvalue weighted by molar-refractivity contribution is -0.126. The second-order valence-electron chi connectivity index (χ2n) is 5.52. The molecule has 0 aromatic heterocycles. The molecular weight excluding hydrogens is 252 g/mol. The van der Waals surface area contributed by atoms with Gasteiger partial charge in [0.15, 0.2) is 0 Å². The van der Waals surface area contributed by atoms with Crippen LogP contribution in [-0.4, -0.2) is 25.1 Å². The molecule has 1 heterocycles. The van der Waals surface area contributed by atoms with Crippen molar-refractivity contribution >= 4 is 5.91 Å². The molecule has 4 nitrogen and oxygen atoms in total. The number of aryl methyl sites for hydroxylation is 1. The number of nitrogens with one attached hydrogen (secondary N) is 2. The number of benzene rings is 1. The van der Waals surface area contributed by atoms with Crippen LogP contribution in [0.4, 0.5) is 0 Å². The molecule has 4 heteroatoms. The highest BCUT2D eigenvalue weighted by molar-refractivity contribution is 5.80. The fourth-order valence-corrected chi connectivity index (χ4v) is 2.02. The number of carbonyl (C=O) groups is 1. The Labute approximate surface area is 120 Å². The minimum Gasteiger partial charge on any atom is -0.490 e. The third-order valence-electron chi connectivity index (χ3n) is 3.73. The molecule has 0 saturated carbocycles. The fraction of sp³-hybridized carbons (Fsp3) is 0.562. The molecule has 1 aromatic carbocycles. The zero-order chi connectivity index (χ0) is 14.5. The van der Waals surface area contributed by atoms with E-state index in [-0.39, 0.29) is 17.9 Å². The van der Waals surface area contributed by atoms with Crippen molar-refractivity contribution in [2.45, 2.75) is 39.8 Å². The predicted octanol–water partition coefficient (Wildman–Crippen LogP) is 2.01. The molecular formula is C16H24N2O2. The Hall–Kier alpha value is -1.55. The summed E-state index contributed by atoms with van der Waals surface area (Å²) >= 11 is 0. The minimum atomic E-state index is 0.124. The molecule has 0 radical (unpaired) electrons. The summed E-state index contributed by atoms with van der Waals surface area (Å²) in [4.78, 5) is 11.9. The highest BCUT2D eigenvalue weighted by atomic mass is 16.5. The van der Waals surface area contributed by atoms with Crippen LogP contribution in [0.2, 0.25) is 0 Å². The van der Waals surface area contributed by atoms with Crippen LogP contribution in [0, 0.1) is 12.8 Å². The van der Waals surface area contributed by atoms with Crippen molar-refractivity contribution in [2.75, 3.05) is 13.1 Å². The Morgan fingerprint density at radius 2 is 2.25 bits per heavy atom. The Morgan fingerprint density at radius 1 is 1.50 bits per heavy atom. The number of hydrogen-bond donors (Lipinski definition) is 2. The summed E-state index contributed by atoms with van der Waals surface area (Å²) in [7, 11) is 0. The van der Waals surface area contributed by atoms with Crippen LogP contribution in [-0.2, 0) is 11.3 Å². The summed E-state index contributed by atoms with van der Waals surface area (Å²) < 4.78 is 5.94. The molecule has 1 amide bonds. The zero-order valence-corrected chi connectivity index (χ0v) is 12.5. The third kappa shape index (κ3) is 3.73. The second kappa shape index (κ2) is 6.75. The smallest absolute Gasteiger partial charge is 0.225 e. The fourth-order valence-electron chi connectivity index (χ4n) is 2.02. The van der Waals surface area contributed by atoms with Crippen LogP contribution in [0.1, 0.15) is 31.4 Å². The zero-order valence-electron chi connectivity index (χ0n) is 12.5. The lowest BCUT2D eigenvalue weighted by atomic mass is 10.0. The Bertz CT molecular complexity index is 470. The van der Waals surface area contributed by atoms with Crippen LogP contribution < -0.4 is 15.4 Å². The summed E-state index contributed by atoms with van der Waals surface area (Å²) in [6, 6.07) is 6.13. The van der Waals surface area contributed by atoms with Crippen molar-refractivity contribution in [2.24, 2.45) is 5.92 Å². The van der Waals surface area contributed by atoms with Gasteiger partial charge in [-0.05, 0) is 31.9 Å². The maximum absolute atomic E-state index is 11.9. The van der Waals surface area contributed by atoms with Gasteiger partial charge in [0.25, 0.3) is 0 Å². The van der Waals surface area contributed by atoms with E-state index in [0.29, 0.717) is 6.54 Å². The highest BCUT2D eigenvalue weighted by Crippen LogP contribution is 2.22. The lowest BCUT2D eigenvalue weighted by Crippen LogP contribution is -2.50. The van der Waals surface area contributed by atoms with Gasteiger partial charge in [-0.25, -0.2) is 0 Å². The Kier molecular flexibility index (Phi) is 5.01.